The minimum Gasteiger partial charge on any atom is -0.364 e. The Morgan fingerprint density at radius 3 is 2.73 bits per heavy atom. The van der Waals surface area contributed by atoms with E-state index >= 15 is 0 Å². The highest BCUT2D eigenvalue weighted by molar-refractivity contribution is 9.10. The van der Waals surface area contributed by atoms with E-state index in [1.807, 2.05) is 12.5 Å². The van der Waals surface area contributed by atoms with Gasteiger partial charge in [-0.2, -0.15) is 4.31 Å². The zero-order chi connectivity index (χ0) is 21.7. The van der Waals surface area contributed by atoms with Crippen molar-refractivity contribution in [3.8, 4) is 0 Å². The van der Waals surface area contributed by atoms with Crippen molar-refractivity contribution in [2.75, 3.05) is 50.8 Å². The highest BCUT2D eigenvalue weighted by Crippen LogP contribution is 2.23. The van der Waals surface area contributed by atoms with E-state index in [2.05, 4.69) is 41.5 Å². The van der Waals surface area contributed by atoms with Crippen LogP contribution in [0.25, 0.3) is 0 Å². The van der Waals surface area contributed by atoms with Gasteiger partial charge >= 0.3 is 0 Å². The highest BCUT2D eigenvalue weighted by atomic mass is 79.9. The second-order valence-electron chi connectivity index (χ2n) is 6.58. The van der Waals surface area contributed by atoms with Crippen LogP contribution in [0, 0.1) is 5.82 Å². The molecule has 2 heterocycles. The number of hydrogen-bond acceptors (Lipinski definition) is 9. The average molecular weight is 506 g/mol. The first kappa shape index (κ1) is 22.6. The van der Waals surface area contributed by atoms with Gasteiger partial charge in [-0.25, -0.2) is 22.4 Å². The van der Waals surface area contributed by atoms with Gasteiger partial charge in [-0.15, -0.1) is 0 Å². The molecule has 0 radical (unpaired) electrons. The third-order valence-electron chi connectivity index (χ3n) is 4.47. The molecule has 0 saturated carbocycles. The number of benzene rings is 1. The molecule has 3 N–H and O–H groups in total. The van der Waals surface area contributed by atoms with Gasteiger partial charge in [0.2, 0.25) is 15.8 Å². The Kier molecular flexibility index (Phi) is 7.36. The van der Waals surface area contributed by atoms with Gasteiger partial charge in [-0.3, -0.25) is 10.7 Å². The average Bonchev–Trinajstić information content (AvgIpc) is 3.17. The Hall–Kier alpha value is -2.13. The number of piperazine rings is 1. The third-order valence-corrected chi connectivity index (χ3v) is 6.95. The topological polar surface area (TPSA) is 136 Å². The Morgan fingerprint density at radius 1 is 1.33 bits per heavy atom. The van der Waals surface area contributed by atoms with E-state index in [4.69, 9.17) is 4.63 Å². The molecule has 0 spiro atoms. The fourth-order valence-corrected chi connectivity index (χ4v) is 4.47. The number of rotatable bonds is 7. The number of nitrogens with one attached hydrogen (secondary N) is 2. The van der Waals surface area contributed by atoms with Gasteiger partial charge in [0.25, 0.3) is 0 Å². The number of halogens is 2. The van der Waals surface area contributed by atoms with E-state index in [0.29, 0.717) is 31.9 Å². The Balaban J connectivity index is 1.67. The van der Waals surface area contributed by atoms with Crippen molar-refractivity contribution in [1.82, 2.24) is 25.0 Å². The Bertz CT molecular complexity index is 1010. The van der Waals surface area contributed by atoms with E-state index in [1.54, 1.807) is 0 Å². The first-order chi connectivity index (χ1) is 14.3. The maximum Gasteiger partial charge on any atom is 0.215 e. The molecule has 0 atom stereocenters. The molecule has 0 unspecified atom stereocenters. The summed E-state index contributed by atoms with van der Waals surface area (Å²) in [4.78, 5) is 6.21. The largest absolute Gasteiger partial charge is 0.364 e. The van der Waals surface area contributed by atoms with Crippen LogP contribution in [-0.4, -0.2) is 84.5 Å². The summed E-state index contributed by atoms with van der Waals surface area (Å²) >= 11 is 3.06. The molecule has 1 aromatic heterocycles. The smallest absolute Gasteiger partial charge is 0.215 e. The highest BCUT2D eigenvalue weighted by Gasteiger charge is 2.25. The molecule has 1 aromatic carbocycles. The Morgan fingerprint density at radius 2 is 2.07 bits per heavy atom. The summed E-state index contributed by atoms with van der Waals surface area (Å²) in [5.74, 6) is -0.615. The van der Waals surface area contributed by atoms with Crippen LogP contribution >= 0.6 is 15.9 Å². The molecule has 30 heavy (non-hydrogen) atoms. The van der Waals surface area contributed by atoms with E-state index in [-0.39, 0.29) is 34.1 Å². The lowest BCUT2D eigenvalue weighted by Gasteiger charge is -2.31. The van der Waals surface area contributed by atoms with Crippen molar-refractivity contribution in [1.29, 1.82) is 0 Å². The van der Waals surface area contributed by atoms with Gasteiger partial charge in [0.05, 0.1) is 15.9 Å². The second-order valence-corrected chi connectivity index (χ2v) is 9.52. The molecule has 0 amide bonds. The van der Waals surface area contributed by atoms with Crippen molar-refractivity contribution >= 4 is 43.3 Å². The molecule has 1 aliphatic rings. The van der Waals surface area contributed by atoms with E-state index in [0.717, 1.165) is 0 Å². The van der Waals surface area contributed by atoms with Crippen LogP contribution in [0.4, 0.5) is 15.9 Å². The molecule has 0 bridgehead atoms. The summed E-state index contributed by atoms with van der Waals surface area (Å²) in [5.41, 5.74) is 2.26. The quantitative estimate of drug-likeness (QED) is 0.286. The van der Waals surface area contributed by atoms with Gasteiger partial charge in [-0.05, 0) is 51.5 Å². The number of anilines is 1. The third kappa shape index (κ3) is 5.51. The van der Waals surface area contributed by atoms with Crippen LogP contribution in [0.15, 0.2) is 32.3 Å². The van der Waals surface area contributed by atoms with Crippen LogP contribution in [0.2, 0.25) is 0 Å². The Labute approximate surface area is 181 Å². The lowest BCUT2D eigenvalue weighted by atomic mass is 10.3. The van der Waals surface area contributed by atoms with E-state index in [1.165, 1.54) is 22.5 Å². The standard InChI is InChI=1S/C16H21BrFN7O4S/c1-24-5-7-25(8-6-24)30(27,28)9-4-19-15-14(22-29-23-15)16(21-26)20-11-2-3-13(18)12(17)10-11/h2-3,10,26H,4-9H2,1H3,(H,19,23)(H,20,21). The lowest BCUT2D eigenvalue weighted by molar-refractivity contribution is 0.222. The first-order valence-corrected chi connectivity index (χ1v) is 11.4. The van der Waals surface area contributed by atoms with Gasteiger partial charge in [0.15, 0.2) is 11.5 Å². The van der Waals surface area contributed by atoms with Crippen LogP contribution < -0.4 is 10.8 Å². The predicted molar refractivity (Wildman–Crippen MR) is 111 cm³/mol. The number of amidine groups is 1. The minimum atomic E-state index is -3.43. The summed E-state index contributed by atoms with van der Waals surface area (Å²) in [6, 6.07) is 4.03. The summed E-state index contributed by atoms with van der Waals surface area (Å²) < 4.78 is 44.7. The number of sulfonamides is 1. The van der Waals surface area contributed by atoms with Crippen LogP contribution in [0.5, 0.6) is 0 Å². The van der Waals surface area contributed by atoms with Gasteiger partial charge < -0.3 is 10.2 Å². The molecule has 3 rings (SSSR count). The molecule has 2 aromatic rings. The number of likely N-dealkylation sites (N-methyl/N-ethyl adjacent to an activating group) is 1. The SMILES string of the molecule is CN1CCN(S(=O)(=O)CCNc2nonc2C(=Nc2ccc(F)c(Br)c2)NO)CC1. The number of hydrogen-bond donors (Lipinski definition) is 3. The molecule has 1 fully saturated rings. The predicted octanol–water partition coefficient (Wildman–Crippen LogP) is 1.02. The molecule has 11 nitrogen and oxygen atoms in total. The van der Waals surface area contributed by atoms with Crippen molar-refractivity contribution in [3.63, 3.8) is 0 Å². The number of aliphatic imine (C=N–C) groups is 1. The molecular weight excluding hydrogens is 485 g/mol. The molecule has 1 saturated heterocycles. The second kappa shape index (κ2) is 9.78. The molecular formula is C16H21BrFN7O4S. The summed E-state index contributed by atoms with van der Waals surface area (Å²) in [6.45, 7) is 2.33. The van der Waals surface area contributed by atoms with Gasteiger partial charge in [-0.1, -0.05) is 0 Å². The zero-order valence-corrected chi connectivity index (χ0v) is 18.4. The van der Waals surface area contributed by atoms with Crippen LogP contribution in [0.1, 0.15) is 5.69 Å². The molecule has 14 heteroatoms. The van der Waals surface area contributed by atoms with Crippen molar-refractivity contribution in [3.05, 3.63) is 34.2 Å². The summed E-state index contributed by atoms with van der Waals surface area (Å²) in [6.07, 6.45) is 0. The lowest BCUT2D eigenvalue weighted by Crippen LogP contribution is -2.48. The fraction of sp³-hybridized carbons (Fsp3) is 0.438. The normalized spacial score (nSPS) is 16.6. The monoisotopic (exact) mass is 505 g/mol. The molecule has 0 aliphatic carbocycles. The minimum absolute atomic E-state index is 0.0370. The summed E-state index contributed by atoms with van der Waals surface area (Å²) in [7, 11) is -1.48. The van der Waals surface area contributed by atoms with Gasteiger partial charge in [0.1, 0.15) is 5.82 Å². The van der Waals surface area contributed by atoms with Crippen LogP contribution in [-0.2, 0) is 10.0 Å². The number of hydroxylamine groups is 1. The maximum absolute atomic E-state index is 13.4. The molecule has 164 valence electrons. The van der Waals surface area contributed by atoms with E-state index in [9.17, 15) is 18.0 Å². The molecule has 1 aliphatic heterocycles. The van der Waals surface area contributed by atoms with E-state index < -0.39 is 15.8 Å². The number of aromatic nitrogens is 2. The van der Waals surface area contributed by atoms with Crippen molar-refractivity contribution < 1.29 is 22.6 Å². The summed E-state index contributed by atoms with van der Waals surface area (Å²) in [5, 5.41) is 19.6. The maximum atomic E-state index is 13.4. The number of nitrogens with zero attached hydrogens (tertiary/aromatic N) is 5. The van der Waals surface area contributed by atoms with Crippen LogP contribution in [0.3, 0.4) is 0 Å². The van der Waals surface area contributed by atoms with Gasteiger partial charge in [0, 0.05) is 32.7 Å². The fourth-order valence-electron chi connectivity index (χ4n) is 2.77. The van der Waals surface area contributed by atoms with Crippen molar-refractivity contribution in [2.24, 2.45) is 4.99 Å². The first-order valence-electron chi connectivity index (χ1n) is 8.97. The van der Waals surface area contributed by atoms with Crippen molar-refractivity contribution in [2.45, 2.75) is 0 Å². The zero-order valence-electron chi connectivity index (χ0n) is 16.0.